The van der Waals surface area contributed by atoms with Gasteiger partial charge in [0.05, 0.1) is 25.7 Å². The number of methoxy groups -OCH3 is 1. The fourth-order valence-electron chi connectivity index (χ4n) is 1.45. The molecule has 0 spiro atoms. The molecule has 0 N–H and O–H groups in total. The van der Waals surface area contributed by atoms with E-state index >= 15 is 0 Å². The molecule has 1 aliphatic rings. The van der Waals surface area contributed by atoms with Gasteiger partial charge in [-0.05, 0) is 21.0 Å². The van der Waals surface area contributed by atoms with Gasteiger partial charge >= 0.3 is 5.97 Å². The van der Waals surface area contributed by atoms with Gasteiger partial charge in [-0.2, -0.15) is 0 Å². The van der Waals surface area contributed by atoms with E-state index in [1.54, 1.807) is 0 Å². The summed E-state index contributed by atoms with van der Waals surface area (Å²) in [5.41, 5.74) is 0. The van der Waals surface area contributed by atoms with Crippen LogP contribution in [0.25, 0.3) is 0 Å². The molecule has 1 heterocycles. The van der Waals surface area contributed by atoms with Crippen LogP contribution in [0.3, 0.4) is 0 Å². The molecule has 13 heavy (non-hydrogen) atoms. The van der Waals surface area contributed by atoms with Crippen molar-refractivity contribution in [2.45, 2.75) is 31.6 Å². The second-order valence-corrected chi connectivity index (χ2v) is 3.62. The minimum Gasteiger partial charge on any atom is -0.469 e. The SMILES string of the molecule is COC(=O)C[C@H]([C@@H]1O[C@H]1C)N(C)C. The monoisotopic (exact) mass is 187 g/mol. The number of epoxide rings is 1. The summed E-state index contributed by atoms with van der Waals surface area (Å²) in [4.78, 5) is 13.1. The second-order valence-electron chi connectivity index (χ2n) is 3.62. The van der Waals surface area contributed by atoms with Gasteiger partial charge in [0.15, 0.2) is 0 Å². The van der Waals surface area contributed by atoms with Crippen LogP contribution in [0.1, 0.15) is 13.3 Å². The Bertz CT molecular complexity index is 193. The van der Waals surface area contributed by atoms with E-state index < -0.39 is 0 Å². The highest BCUT2D eigenvalue weighted by Gasteiger charge is 2.43. The number of rotatable bonds is 4. The smallest absolute Gasteiger partial charge is 0.307 e. The summed E-state index contributed by atoms with van der Waals surface area (Å²) in [6.45, 7) is 2.01. The van der Waals surface area contributed by atoms with Crippen LogP contribution < -0.4 is 0 Å². The number of nitrogens with zero attached hydrogens (tertiary/aromatic N) is 1. The Balaban J connectivity index is 2.44. The van der Waals surface area contributed by atoms with E-state index in [4.69, 9.17) is 4.74 Å². The molecule has 1 fully saturated rings. The maximum atomic E-state index is 11.1. The van der Waals surface area contributed by atoms with Crippen LogP contribution in [-0.4, -0.2) is 50.3 Å². The Kier molecular flexibility index (Phi) is 3.27. The average Bonchev–Trinajstić information content (AvgIpc) is 2.77. The molecule has 1 aliphatic heterocycles. The van der Waals surface area contributed by atoms with Gasteiger partial charge in [0.1, 0.15) is 0 Å². The maximum Gasteiger partial charge on any atom is 0.307 e. The zero-order valence-electron chi connectivity index (χ0n) is 8.61. The zero-order chi connectivity index (χ0) is 10.0. The van der Waals surface area contributed by atoms with Crippen LogP contribution in [0.4, 0.5) is 0 Å². The zero-order valence-corrected chi connectivity index (χ0v) is 8.61. The van der Waals surface area contributed by atoms with Crippen LogP contribution in [0.5, 0.6) is 0 Å². The third kappa shape index (κ3) is 2.67. The van der Waals surface area contributed by atoms with Crippen LogP contribution in [0, 0.1) is 0 Å². The van der Waals surface area contributed by atoms with Crippen molar-refractivity contribution >= 4 is 5.97 Å². The predicted octanol–water partition coefficient (Wildman–Crippen LogP) is 0.267. The van der Waals surface area contributed by atoms with E-state index in [2.05, 4.69) is 4.74 Å². The fraction of sp³-hybridized carbons (Fsp3) is 0.889. The second kappa shape index (κ2) is 4.07. The molecule has 1 rings (SSSR count). The van der Waals surface area contributed by atoms with Gasteiger partial charge < -0.3 is 14.4 Å². The maximum absolute atomic E-state index is 11.1. The molecule has 0 radical (unpaired) electrons. The molecule has 3 atom stereocenters. The van der Waals surface area contributed by atoms with Crippen molar-refractivity contribution in [2.75, 3.05) is 21.2 Å². The van der Waals surface area contributed by atoms with Crippen molar-refractivity contribution in [3.8, 4) is 0 Å². The molecule has 0 unspecified atom stereocenters. The minimum atomic E-state index is -0.179. The van der Waals surface area contributed by atoms with Gasteiger partial charge in [-0.25, -0.2) is 0 Å². The first-order valence-corrected chi connectivity index (χ1v) is 4.45. The van der Waals surface area contributed by atoms with Gasteiger partial charge in [-0.3, -0.25) is 4.79 Å². The normalized spacial score (nSPS) is 28.7. The lowest BCUT2D eigenvalue weighted by Gasteiger charge is -2.21. The van der Waals surface area contributed by atoms with Crippen molar-refractivity contribution in [1.82, 2.24) is 4.90 Å². The summed E-state index contributed by atoms with van der Waals surface area (Å²) in [5.74, 6) is -0.179. The molecule has 0 aromatic carbocycles. The van der Waals surface area contributed by atoms with E-state index in [9.17, 15) is 4.79 Å². The molecule has 4 nitrogen and oxygen atoms in total. The number of likely N-dealkylation sites (N-methyl/N-ethyl adjacent to an activating group) is 1. The molecule has 0 saturated carbocycles. The highest BCUT2D eigenvalue weighted by Crippen LogP contribution is 2.28. The Hall–Kier alpha value is -0.610. The molecule has 4 heteroatoms. The third-order valence-electron chi connectivity index (χ3n) is 2.40. The van der Waals surface area contributed by atoms with E-state index in [0.29, 0.717) is 6.42 Å². The standard InChI is InChI=1S/C9H17NO3/c1-6-9(13-6)7(10(2)3)5-8(11)12-4/h6-7,9H,5H2,1-4H3/t6-,7+,9+/m0/s1. The number of hydrogen-bond acceptors (Lipinski definition) is 4. The van der Waals surface area contributed by atoms with Gasteiger partial charge in [0, 0.05) is 6.04 Å². The quantitative estimate of drug-likeness (QED) is 0.468. The predicted molar refractivity (Wildman–Crippen MR) is 48.4 cm³/mol. The highest BCUT2D eigenvalue weighted by molar-refractivity contribution is 5.70. The third-order valence-corrected chi connectivity index (χ3v) is 2.40. The lowest BCUT2D eigenvalue weighted by Crippen LogP contribution is -2.36. The molecule has 1 saturated heterocycles. The van der Waals surface area contributed by atoms with Gasteiger partial charge in [-0.15, -0.1) is 0 Å². The summed E-state index contributed by atoms with van der Waals surface area (Å²) in [6, 6.07) is 0.141. The summed E-state index contributed by atoms with van der Waals surface area (Å²) in [5, 5.41) is 0. The molecule has 0 bridgehead atoms. The Morgan fingerprint density at radius 1 is 1.62 bits per heavy atom. The summed E-state index contributed by atoms with van der Waals surface area (Å²) < 4.78 is 9.96. The molecular formula is C9H17NO3. The minimum absolute atomic E-state index is 0.141. The number of carbonyl (C=O) groups excluding carboxylic acids is 1. The molecule has 0 aliphatic carbocycles. The van der Waals surface area contributed by atoms with Gasteiger partial charge in [0.25, 0.3) is 0 Å². The summed E-state index contributed by atoms with van der Waals surface area (Å²) in [6.07, 6.45) is 0.865. The van der Waals surface area contributed by atoms with E-state index in [1.165, 1.54) is 7.11 Å². The van der Waals surface area contributed by atoms with E-state index in [-0.39, 0.29) is 24.2 Å². The average molecular weight is 187 g/mol. The molecule has 0 aromatic rings. The summed E-state index contributed by atoms with van der Waals surface area (Å²) in [7, 11) is 5.30. The molecule has 76 valence electrons. The van der Waals surface area contributed by atoms with Crippen molar-refractivity contribution < 1.29 is 14.3 Å². The lowest BCUT2D eigenvalue weighted by molar-refractivity contribution is -0.142. The van der Waals surface area contributed by atoms with Crippen LogP contribution >= 0.6 is 0 Å². The first kappa shape index (κ1) is 10.5. The van der Waals surface area contributed by atoms with Crippen molar-refractivity contribution in [2.24, 2.45) is 0 Å². The van der Waals surface area contributed by atoms with Crippen molar-refractivity contribution in [3.05, 3.63) is 0 Å². The first-order valence-electron chi connectivity index (χ1n) is 4.45. The highest BCUT2D eigenvalue weighted by atomic mass is 16.6. The number of ether oxygens (including phenoxy) is 2. The van der Waals surface area contributed by atoms with E-state index in [1.807, 2.05) is 25.9 Å². The molecule has 0 aromatic heterocycles. The topological polar surface area (TPSA) is 42.1 Å². The Morgan fingerprint density at radius 3 is 2.46 bits per heavy atom. The number of carbonyl (C=O) groups is 1. The van der Waals surface area contributed by atoms with E-state index in [0.717, 1.165) is 0 Å². The van der Waals surface area contributed by atoms with Crippen molar-refractivity contribution in [1.29, 1.82) is 0 Å². The number of esters is 1. The van der Waals surface area contributed by atoms with Crippen LogP contribution in [-0.2, 0) is 14.3 Å². The Labute approximate surface area is 78.8 Å². The summed E-state index contributed by atoms with van der Waals surface area (Å²) >= 11 is 0. The number of hydrogen-bond donors (Lipinski definition) is 0. The van der Waals surface area contributed by atoms with Crippen LogP contribution in [0.2, 0.25) is 0 Å². The Morgan fingerprint density at radius 2 is 2.15 bits per heavy atom. The first-order chi connectivity index (χ1) is 6.06. The fourth-order valence-corrected chi connectivity index (χ4v) is 1.45. The van der Waals surface area contributed by atoms with Crippen LogP contribution in [0.15, 0.2) is 0 Å². The van der Waals surface area contributed by atoms with Gasteiger partial charge in [-0.1, -0.05) is 0 Å². The molecule has 0 amide bonds. The lowest BCUT2D eigenvalue weighted by atomic mass is 10.1. The largest absolute Gasteiger partial charge is 0.469 e. The van der Waals surface area contributed by atoms with Gasteiger partial charge in [0.2, 0.25) is 0 Å². The molecular weight excluding hydrogens is 170 g/mol. The van der Waals surface area contributed by atoms with Crippen molar-refractivity contribution in [3.63, 3.8) is 0 Å².